The van der Waals surface area contributed by atoms with Crippen LogP contribution >= 0.6 is 0 Å². The lowest BCUT2D eigenvalue weighted by atomic mass is 9.99. The summed E-state index contributed by atoms with van der Waals surface area (Å²) in [6.45, 7) is 1.89. The molecule has 38 heavy (non-hydrogen) atoms. The van der Waals surface area contributed by atoms with E-state index >= 15 is 0 Å². The van der Waals surface area contributed by atoms with E-state index in [0.717, 1.165) is 37.7 Å². The van der Waals surface area contributed by atoms with Crippen molar-refractivity contribution in [3.8, 4) is 28.6 Å². The van der Waals surface area contributed by atoms with Gasteiger partial charge in [-0.05, 0) is 56.4 Å². The number of fused-ring (bicyclic) bond motifs is 1. The maximum Gasteiger partial charge on any atom is 0.319 e. The second kappa shape index (κ2) is 11.9. The van der Waals surface area contributed by atoms with Crippen molar-refractivity contribution >= 4 is 17.6 Å². The van der Waals surface area contributed by atoms with Gasteiger partial charge in [0, 0.05) is 36.8 Å². The third kappa shape index (κ3) is 6.11. The number of para-hydroxylation sites is 1. The maximum absolute atomic E-state index is 12.5. The summed E-state index contributed by atoms with van der Waals surface area (Å²) in [6.07, 6.45) is 3.65. The van der Waals surface area contributed by atoms with E-state index in [-0.39, 0.29) is 41.9 Å². The molecule has 2 fully saturated rings. The zero-order valence-electron chi connectivity index (χ0n) is 21.5. The van der Waals surface area contributed by atoms with Crippen LogP contribution in [-0.4, -0.2) is 68.6 Å². The van der Waals surface area contributed by atoms with Crippen molar-refractivity contribution in [2.75, 3.05) is 38.8 Å². The fraction of sp³-hybridized carbons (Fsp3) is 0.519. The minimum atomic E-state index is -0.345. The molecule has 1 saturated carbocycles. The Balaban J connectivity index is 1.26. The molecule has 0 spiro atoms. The summed E-state index contributed by atoms with van der Waals surface area (Å²) in [6, 6.07) is 8.99. The molecule has 1 aromatic heterocycles. The molecule has 0 radical (unpaired) electrons. The Bertz CT molecular complexity index is 1150. The number of hydrogen-bond donors (Lipinski definition) is 4. The van der Waals surface area contributed by atoms with E-state index in [1.807, 2.05) is 18.2 Å². The van der Waals surface area contributed by atoms with E-state index in [2.05, 4.69) is 20.9 Å². The highest BCUT2D eigenvalue weighted by atomic mass is 16.6. The van der Waals surface area contributed by atoms with Crippen LogP contribution in [0.4, 0.5) is 10.5 Å². The number of anilines is 1. The van der Waals surface area contributed by atoms with E-state index in [1.165, 1.54) is 7.11 Å². The number of benzene rings is 1. The fourth-order valence-corrected chi connectivity index (χ4v) is 5.09. The molecular weight excluding hydrogens is 490 g/mol. The van der Waals surface area contributed by atoms with Gasteiger partial charge in [0.2, 0.25) is 11.8 Å². The van der Waals surface area contributed by atoms with Gasteiger partial charge in [0.1, 0.15) is 18.4 Å². The van der Waals surface area contributed by atoms with Gasteiger partial charge in [-0.2, -0.15) is 0 Å². The van der Waals surface area contributed by atoms with E-state index in [4.69, 9.17) is 24.7 Å². The molecule has 2 aromatic rings. The van der Waals surface area contributed by atoms with Crippen LogP contribution in [0.1, 0.15) is 32.1 Å². The number of hydrogen-bond acceptors (Lipinski definition) is 8. The predicted octanol–water partition coefficient (Wildman–Crippen LogP) is 2.44. The number of aromatic nitrogens is 1. The highest BCUT2D eigenvalue weighted by molar-refractivity contribution is 5.91. The van der Waals surface area contributed by atoms with Gasteiger partial charge in [-0.15, -0.1) is 0 Å². The van der Waals surface area contributed by atoms with Crippen LogP contribution in [0.15, 0.2) is 30.3 Å². The molecule has 3 amide bonds. The summed E-state index contributed by atoms with van der Waals surface area (Å²) < 4.78 is 23.0. The van der Waals surface area contributed by atoms with Gasteiger partial charge in [-0.1, -0.05) is 6.07 Å². The lowest BCUT2D eigenvalue weighted by Crippen LogP contribution is -2.43. The van der Waals surface area contributed by atoms with Gasteiger partial charge < -0.3 is 40.6 Å². The first-order valence-electron chi connectivity index (χ1n) is 13.2. The van der Waals surface area contributed by atoms with E-state index in [0.29, 0.717) is 49.2 Å². The third-order valence-electron chi connectivity index (χ3n) is 7.17. The Labute approximate surface area is 221 Å². The summed E-state index contributed by atoms with van der Waals surface area (Å²) in [5.41, 5.74) is 7.71. The lowest BCUT2D eigenvalue weighted by molar-refractivity contribution is -0.128. The molecule has 1 saturated heterocycles. The molecule has 1 aromatic carbocycles. The zero-order valence-corrected chi connectivity index (χ0v) is 21.5. The molecule has 11 nitrogen and oxygen atoms in total. The summed E-state index contributed by atoms with van der Waals surface area (Å²) >= 11 is 0. The average molecular weight is 526 g/mol. The fourth-order valence-electron chi connectivity index (χ4n) is 5.09. The molecule has 5 N–H and O–H groups in total. The maximum atomic E-state index is 12.5. The number of ether oxygens (including phenoxy) is 4. The standard InChI is InChI=1S/C27H35N5O6/c1-35-26-22(32-27(34)30-18-6-5-17(28)13-18)8-7-21(31-26)20-3-2-4-23-24(20)38-19(15-37-23)14-29-25(33)16-9-11-36-12-10-16/h2-4,7-8,16-19H,5-6,9-15,28H2,1H3,(H,29,33)(H2,30,32,34)/t17-,18+,19?/m1/s1. The number of nitrogens with one attached hydrogen (secondary N) is 3. The third-order valence-corrected chi connectivity index (χ3v) is 7.17. The van der Waals surface area contributed by atoms with Crippen LogP contribution < -0.4 is 35.9 Å². The lowest BCUT2D eigenvalue weighted by Gasteiger charge is -2.29. The molecule has 204 valence electrons. The molecule has 11 heteroatoms. The molecular formula is C27H35N5O6. The highest BCUT2D eigenvalue weighted by Gasteiger charge is 2.28. The zero-order chi connectivity index (χ0) is 26.5. The number of nitrogens with zero attached hydrogens (tertiary/aromatic N) is 1. The quantitative estimate of drug-likeness (QED) is 0.431. The Morgan fingerprint density at radius 1 is 1.13 bits per heavy atom. The minimum Gasteiger partial charge on any atom is -0.486 e. The van der Waals surface area contributed by atoms with Gasteiger partial charge in [0.05, 0.1) is 19.3 Å². The number of rotatable bonds is 7. The van der Waals surface area contributed by atoms with E-state index in [1.54, 1.807) is 12.1 Å². The smallest absolute Gasteiger partial charge is 0.319 e. The molecule has 1 aliphatic carbocycles. The van der Waals surface area contributed by atoms with Gasteiger partial charge in [0.15, 0.2) is 11.5 Å². The topological polar surface area (TPSA) is 146 Å². The molecule has 3 aliphatic rings. The van der Waals surface area contributed by atoms with Crippen molar-refractivity contribution in [3.63, 3.8) is 0 Å². The molecule has 3 atom stereocenters. The monoisotopic (exact) mass is 525 g/mol. The van der Waals surface area contributed by atoms with Crippen LogP contribution in [0.25, 0.3) is 11.3 Å². The van der Waals surface area contributed by atoms with E-state index in [9.17, 15) is 9.59 Å². The predicted molar refractivity (Wildman–Crippen MR) is 140 cm³/mol. The first kappa shape index (κ1) is 26.1. The van der Waals surface area contributed by atoms with Crippen molar-refractivity contribution in [2.45, 2.75) is 50.3 Å². The summed E-state index contributed by atoms with van der Waals surface area (Å²) in [7, 11) is 1.50. The molecule has 0 bridgehead atoms. The number of urea groups is 1. The Kier molecular flexibility index (Phi) is 8.14. The Hall–Kier alpha value is -3.57. The molecule has 3 heterocycles. The second-order valence-electron chi connectivity index (χ2n) is 9.94. The van der Waals surface area contributed by atoms with Crippen molar-refractivity contribution < 1.29 is 28.5 Å². The highest BCUT2D eigenvalue weighted by Crippen LogP contribution is 2.41. The van der Waals surface area contributed by atoms with Crippen LogP contribution in [0, 0.1) is 5.92 Å². The van der Waals surface area contributed by atoms with Crippen LogP contribution in [0.2, 0.25) is 0 Å². The number of carbonyl (C=O) groups excluding carboxylic acids is 2. The van der Waals surface area contributed by atoms with Crippen molar-refractivity contribution in [1.29, 1.82) is 0 Å². The van der Waals surface area contributed by atoms with Crippen molar-refractivity contribution in [1.82, 2.24) is 15.6 Å². The first-order chi connectivity index (χ1) is 18.5. The largest absolute Gasteiger partial charge is 0.486 e. The summed E-state index contributed by atoms with van der Waals surface area (Å²) in [4.78, 5) is 29.7. The van der Waals surface area contributed by atoms with Crippen molar-refractivity contribution in [2.24, 2.45) is 11.7 Å². The molecule has 5 rings (SSSR count). The number of methoxy groups -OCH3 is 1. The van der Waals surface area contributed by atoms with Gasteiger partial charge >= 0.3 is 6.03 Å². The van der Waals surface area contributed by atoms with E-state index < -0.39 is 0 Å². The number of pyridine rings is 1. The van der Waals surface area contributed by atoms with Crippen LogP contribution in [-0.2, 0) is 9.53 Å². The van der Waals surface area contributed by atoms with Crippen molar-refractivity contribution in [3.05, 3.63) is 30.3 Å². The van der Waals surface area contributed by atoms with Gasteiger partial charge in [0.25, 0.3) is 0 Å². The molecule has 1 unspecified atom stereocenters. The Morgan fingerprint density at radius 3 is 2.74 bits per heavy atom. The van der Waals surface area contributed by atoms with Gasteiger partial charge in [-0.3, -0.25) is 4.79 Å². The first-order valence-corrected chi connectivity index (χ1v) is 13.2. The summed E-state index contributed by atoms with van der Waals surface area (Å²) in [5, 5.41) is 8.77. The molecule has 2 aliphatic heterocycles. The van der Waals surface area contributed by atoms with Crippen LogP contribution in [0.5, 0.6) is 17.4 Å². The summed E-state index contributed by atoms with van der Waals surface area (Å²) in [5.74, 6) is 1.42. The minimum absolute atomic E-state index is 0.0188. The average Bonchev–Trinajstić information content (AvgIpc) is 3.35. The number of nitrogens with two attached hydrogens (primary N) is 1. The normalized spacial score (nSPS) is 22.9. The number of amides is 3. The number of carbonyl (C=O) groups is 2. The SMILES string of the molecule is COc1nc(-c2cccc3c2OC(CNC(=O)C2CCOCC2)CO3)ccc1NC(=O)N[C@H]1CC[C@@H](N)C1. The van der Waals surface area contributed by atoms with Crippen LogP contribution in [0.3, 0.4) is 0 Å². The second-order valence-corrected chi connectivity index (χ2v) is 9.94. The van der Waals surface area contributed by atoms with Gasteiger partial charge in [-0.25, -0.2) is 9.78 Å². The Morgan fingerprint density at radius 2 is 1.97 bits per heavy atom.